The van der Waals surface area contributed by atoms with Gasteiger partial charge in [0.2, 0.25) is 0 Å². The summed E-state index contributed by atoms with van der Waals surface area (Å²) in [7, 11) is 0. The Kier molecular flexibility index (Phi) is 6.06. The van der Waals surface area contributed by atoms with Crippen molar-refractivity contribution in [2.75, 3.05) is 0 Å². The fraction of sp³-hybridized carbons (Fsp3) is 0.256. The van der Waals surface area contributed by atoms with Crippen LogP contribution < -0.4 is 9.47 Å². The van der Waals surface area contributed by atoms with E-state index < -0.39 is 0 Å². The highest BCUT2D eigenvalue weighted by Crippen LogP contribution is 2.51. The summed E-state index contributed by atoms with van der Waals surface area (Å²) in [5.74, 6) is 2.60. The van der Waals surface area contributed by atoms with Crippen LogP contribution in [0, 0.1) is 6.92 Å². The van der Waals surface area contributed by atoms with Gasteiger partial charge in [0, 0.05) is 17.2 Å². The van der Waals surface area contributed by atoms with Crippen LogP contribution in [0.1, 0.15) is 73.9 Å². The molecule has 4 aliphatic rings. The van der Waals surface area contributed by atoms with Crippen molar-refractivity contribution in [3.05, 3.63) is 137 Å². The number of ether oxygens (including phenoxy) is 2. The normalized spacial score (nSPS) is 20.3. The van der Waals surface area contributed by atoms with E-state index in [2.05, 4.69) is 129 Å². The molecule has 5 aromatic rings. The van der Waals surface area contributed by atoms with Crippen molar-refractivity contribution in [3.63, 3.8) is 0 Å². The second-order valence-electron chi connectivity index (χ2n) is 13.9. The average molecular weight is 602 g/mol. The number of benzene rings is 4. The molecule has 3 nitrogen and oxygen atoms in total. The second kappa shape index (κ2) is 10.1. The molecule has 0 amide bonds. The van der Waals surface area contributed by atoms with Crippen molar-refractivity contribution < 1.29 is 9.47 Å². The molecule has 2 atom stereocenters. The van der Waals surface area contributed by atoms with Crippen molar-refractivity contribution in [3.8, 4) is 22.6 Å². The van der Waals surface area contributed by atoms with Crippen LogP contribution in [-0.4, -0.2) is 10.7 Å². The molecule has 0 N–H and O–H groups in total. The summed E-state index contributed by atoms with van der Waals surface area (Å²) in [6.45, 7) is 9.24. The van der Waals surface area contributed by atoms with Gasteiger partial charge in [-0.1, -0.05) is 100 Å². The number of hydrogen-bond donors (Lipinski definition) is 0. The number of fused-ring (bicyclic) bond motifs is 9. The molecule has 1 aromatic heterocycles. The van der Waals surface area contributed by atoms with Crippen LogP contribution in [0.2, 0.25) is 0 Å². The molecule has 0 fully saturated rings. The summed E-state index contributed by atoms with van der Waals surface area (Å²) in [5.41, 5.74) is 13.3. The Morgan fingerprint density at radius 1 is 0.870 bits per heavy atom. The smallest absolute Gasteiger partial charge is 0.172 e. The first-order valence-corrected chi connectivity index (χ1v) is 16.9. The SMILES string of the molecule is CCCc1c(C)ccc2c1c1c3c(ccc1n2C1C=C(c2ccc4c(c2)C(C)(C)c2ccccc2-4)C=CC1)OC1=CC=CC[C@@H]1O3. The van der Waals surface area contributed by atoms with Gasteiger partial charge >= 0.3 is 0 Å². The van der Waals surface area contributed by atoms with Crippen LogP contribution in [0.5, 0.6) is 11.5 Å². The molecular formula is C43H39NO2. The largest absolute Gasteiger partial charge is 0.477 e. The minimum atomic E-state index is -0.0831. The third-order valence-corrected chi connectivity index (χ3v) is 10.7. The van der Waals surface area contributed by atoms with E-state index in [1.54, 1.807) is 0 Å². The Balaban J connectivity index is 1.22. The molecule has 46 heavy (non-hydrogen) atoms. The first-order chi connectivity index (χ1) is 22.4. The first-order valence-electron chi connectivity index (χ1n) is 16.9. The van der Waals surface area contributed by atoms with Crippen LogP contribution in [0.25, 0.3) is 38.5 Å². The number of nitrogens with zero attached hydrogens (tertiary/aromatic N) is 1. The molecule has 0 saturated heterocycles. The van der Waals surface area contributed by atoms with Gasteiger partial charge in [0.1, 0.15) is 5.76 Å². The highest BCUT2D eigenvalue weighted by Gasteiger charge is 2.36. The zero-order valence-electron chi connectivity index (χ0n) is 27.1. The van der Waals surface area contributed by atoms with Gasteiger partial charge in [0.15, 0.2) is 17.6 Å². The molecule has 3 aliphatic carbocycles. The van der Waals surface area contributed by atoms with Gasteiger partial charge in [-0.25, -0.2) is 0 Å². The zero-order chi connectivity index (χ0) is 31.2. The Morgan fingerprint density at radius 3 is 2.59 bits per heavy atom. The minimum absolute atomic E-state index is 0.0228. The Bertz CT molecular complexity index is 2220. The van der Waals surface area contributed by atoms with Gasteiger partial charge in [-0.15, -0.1) is 0 Å². The first kappa shape index (κ1) is 27.5. The molecule has 4 aromatic carbocycles. The summed E-state index contributed by atoms with van der Waals surface area (Å²) < 4.78 is 15.9. The number of aryl methyl sites for hydroxylation is 2. The fourth-order valence-corrected chi connectivity index (χ4v) is 8.46. The van der Waals surface area contributed by atoms with Crippen LogP contribution >= 0.6 is 0 Å². The lowest BCUT2D eigenvalue weighted by molar-refractivity contribution is 0.150. The Hall–Kier alpha value is -4.76. The lowest BCUT2D eigenvalue weighted by Crippen LogP contribution is -2.27. The molecule has 1 aliphatic heterocycles. The fourth-order valence-electron chi connectivity index (χ4n) is 8.46. The average Bonchev–Trinajstić information content (AvgIpc) is 3.54. The molecular weight excluding hydrogens is 562 g/mol. The quantitative estimate of drug-likeness (QED) is 0.205. The number of rotatable bonds is 4. The predicted octanol–water partition coefficient (Wildman–Crippen LogP) is 10.9. The van der Waals surface area contributed by atoms with Crippen LogP contribution in [0.3, 0.4) is 0 Å². The molecule has 0 radical (unpaired) electrons. The maximum absolute atomic E-state index is 6.82. The third-order valence-electron chi connectivity index (χ3n) is 10.7. The zero-order valence-corrected chi connectivity index (χ0v) is 27.1. The van der Waals surface area contributed by atoms with E-state index in [1.807, 2.05) is 6.08 Å². The topological polar surface area (TPSA) is 23.4 Å². The van der Waals surface area contributed by atoms with Crippen molar-refractivity contribution in [2.24, 2.45) is 0 Å². The van der Waals surface area contributed by atoms with Crippen molar-refractivity contribution in [2.45, 2.75) is 70.9 Å². The minimum Gasteiger partial charge on any atom is -0.477 e. The molecule has 0 spiro atoms. The standard InChI is InChI=1S/C43H39NO2/c1-5-11-30-26(2)18-21-35-40(30)41-36(22-23-39-42(41)46-38-17-9-8-16-37(38)45-39)44(35)29-13-10-12-27(24-29)28-19-20-32-31-14-6-7-15-33(31)43(3,4)34(32)25-28/h6-10,12,14-16,18-25,29,38H,5,11,13,17H2,1-4H3/t29?,38-/m0/s1. The van der Waals surface area contributed by atoms with E-state index >= 15 is 0 Å². The number of allylic oxidation sites excluding steroid dienone is 6. The summed E-state index contributed by atoms with van der Waals surface area (Å²) >= 11 is 0. The number of hydrogen-bond acceptors (Lipinski definition) is 2. The third kappa shape index (κ3) is 3.90. The maximum Gasteiger partial charge on any atom is 0.172 e. The van der Waals surface area contributed by atoms with Gasteiger partial charge in [-0.3, -0.25) is 0 Å². The van der Waals surface area contributed by atoms with Gasteiger partial charge in [-0.2, -0.15) is 0 Å². The van der Waals surface area contributed by atoms with Gasteiger partial charge in [0.25, 0.3) is 0 Å². The van der Waals surface area contributed by atoms with Crippen molar-refractivity contribution in [1.82, 2.24) is 4.57 Å². The van der Waals surface area contributed by atoms with Crippen LogP contribution in [-0.2, 0) is 11.8 Å². The van der Waals surface area contributed by atoms with Gasteiger partial charge in [-0.05, 0) is 94.6 Å². The highest BCUT2D eigenvalue weighted by molar-refractivity contribution is 6.14. The van der Waals surface area contributed by atoms with Crippen LogP contribution in [0.4, 0.5) is 0 Å². The lowest BCUT2D eigenvalue weighted by Gasteiger charge is -2.30. The summed E-state index contributed by atoms with van der Waals surface area (Å²) in [6.07, 6.45) is 17.2. The van der Waals surface area contributed by atoms with E-state index in [0.29, 0.717) is 0 Å². The van der Waals surface area contributed by atoms with Gasteiger partial charge < -0.3 is 14.0 Å². The van der Waals surface area contributed by atoms with Crippen molar-refractivity contribution in [1.29, 1.82) is 0 Å². The highest BCUT2D eigenvalue weighted by atomic mass is 16.6. The second-order valence-corrected chi connectivity index (χ2v) is 13.9. The van der Waals surface area contributed by atoms with E-state index in [9.17, 15) is 0 Å². The predicted molar refractivity (Wildman–Crippen MR) is 190 cm³/mol. The van der Waals surface area contributed by atoms with Crippen molar-refractivity contribution >= 4 is 27.4 Å². The summed E-state index contributed by atoms with van der Waals surface area (Å²) in [5, 5.41) is 2.51. The molecule has 3 heteroatoms. The van der Waals surface area contributed by atoms with Crippen LogP contribution in [0.15, 0.2) is 109 Å². The van der Waals surface area contributed by atoms with E-state index in [-0.39, 0.29) is 17.6 Å². The molecule has 1 unspecified atom stereocenters. The monoisotopic (exact) mass is 601 g/mol. The summed E-state index contributed by atoms with van der Waals surface area (Å²) in [6, 6.07) is 25.1. The Labute approximate surface area is 271 Å². The Morgan fingerprint density at radius 2 is 1.70 bits per heavy atom. The molecule has 2 heterocycles. The molecule has 0 bridgehead atoms. The van der Waals surface area contributed by atoms with E-state index in [0.717, 1.165) is 42.9 Å². The molecule has 9 rings (SSSR count). The maximum atomic E-state index is 6.82. The summed E-state index contributed by atoms with van der Waals surface area (Å²) in [4.78, 5) is 0. The molecule has 0 saturated carbocycles. The van der Waals surface area contributed by atoms with E-state index in [1.165, 1.54) is 66.3 Å². The van der Waals surface area contributed by atoms with E-state index in [4.69, 9.17) is 9.47 Å². The molecule has 228 valence electrons. The van der Waals surface area contributed by atoms with Gasteiger partial charge in [0.05, 0.1) is 22.5 Å². The lowest BCUT2D eigenvalue weighted by atomic mass is 9.81. The number of aromatic nitrogens is 1.